The zero-order chi connectivity index (χ0) is 14.1. The number of fused-ring (bicyclic) bond motifs is 2. The van der Waals surface area contributed by atoms with E-state index in [0.29, 0.717) is 0 Å². The highest BCUT2D eigenvalue weighted by Gasteiger charge is 2.22. The van der Waals surface area contributed by atoms with Gasteiger partial charge in [-0.1, -0.05) is 60.7 Å². The van der Waals surface area contributed by atoms with Crippen molar-refractivity contribution in [2.75, 3.05) is 13.1 Å². The second-order valence-corrected chi connectivity index (χ2v) is 5.33. The van der Waals surface area contributed by atoms with Crippen LogP contribution in [0.3, 0.4) is 0 Å². The molecule has 0 fully saturated rings. The summed E-state index contributed by atoms with van der Waals surface area (Å²) in [6, 6.07) is 17.2. The maximum absolute atomic E-state index is 4.48. The van der Waals surface area contributed by atoms with E-state index in [1.54, 1.807) is 0 Å². The molecule has 4 heteroatoms. The maximum atomic E-state index is 4.48. The standard InChI is InChI=1S/C18H17N3.HI/c1-3-7-15-13(5-1)9-10-14-6-2-4-8-16(14)17(15)21-18-19-11-12-20-18;/h1-10,17H,11-12H2,(H2,19,20,21);1H. The van der Waals surface area contributed by atoms with Gasteiger partial charge in [-0.3, -0.25) is 4.99 Å². The second-order valence-electron chi connectivity index (χ2n) is 5.33. The van der Waals surface area contributed by atoms with Crippen molar-refractivity contribution >= 4 is 42.1 Å². The molecule has 2 aromatic rings. The number of hydrogen-bond acceptors (Lipinski definition) is 3. The molecule has 22 heavy (non-hydrogen) atoms. The van der Waals surface area contributed by atoms with E-state index >= 15 is 0 Å². The monoisotopic (exact) mass is 403 g/mol. The largest absolute Gasteiger partial charge is 0.355 e. The van der Waals surface area contributed by atoms with Gasteiger partial charge < -0.3 is 10.6 Å². The molecule has 4 rings (SSSR count). The number of halogens is 1. The summed E-state index contributed by atoms with van der Waals surface area (Å²) in [6.07, 6.45) is 4.39. The summed E-state index contributed by atoms with van der Waals surface area (Å²) in [5.41, 5.74) is 5.08. The molecule has 2 aliphatic rings. The summed E-state index contributed by atoms with van der Waals surface area (Å²) >= 11 is 0. The van der Waals surface area contributed by atoms with Gasteiger partial charge in [0.1, 0.15) is 0 Å². The lowest BCUT2D eigenvalue weighted by atomic mass is 9.94. The third kappa shape index (κ3) is 2.75. The Morgan fingerprint density at radius 2 is 1.50 bits per heavy atom. The van der Waals surface area contributed by atoms with Gasteiger partial charge in [0, 0.05) is 6.54 Å². The predicted octanol–water partition coefficient (Wildman–Crippen LogP) is 3.43. The zero-order valence-corrected chi connectivity index (χ0v) is 14.5. The molecule has 0 saturated heterocycles. The lowest BCUT2D eigenvalue weighted by molar-refractivity contribution is 0.742. The van der Waals surface area contributed by atoms with Gasteiger partial charge >= 0.3 is 0 Å². The van der Waals surface area contributed by atoms with E-state index in [-0.39, 0.29) is 30.0 Å². The molecule has 0 bridgehead atoms. The Morgan fingerprint density at radius 3 is 2.05 bits per heavy atom. The van der Waals surface area contributed by atoms with Gasteiger partial charge in [0.15, 0.2) is 5.96 Å². The highest BCUT2D eigenvalue weighted by molar-refractivity contribution is 14.0. The Balaban J connectivity index is 0.00000144. The van der Waals surface area contributed by atoms with E-state index in [0.717, 1.165) is 19.0 Å². The van der Waals surface area contributed by atoms with Crippen LogP contribution in [0.25, 0.3) is 12.2 Å². The highest BCUT2D eigenvalue weighted by atomic mass is 127. The first-order valence-corrected chi connectivity index (χ1v) is 7.32. The first-order valence-electron chi connectivity index (χ1n) is 7.32. The Bertz CT molecular complexity index is 687. The number of hydrogen-bond donors (Lipinski definition) is 2. The summed E-state index contributed by atoms with van der Waals surface area (Å²) in [5, 5.41) is 6.87. The molecule has 112 valence electrons. The Labute approximate surface area is 147 Å². The Kier molecular flexibility index (Phi) is 4.47. The van der Waals surface area contributed by atoms with Crippen LogP contribution in [0.2, 0.25) is 0 Å². The van der Waals surface area contributed by atoms with Crippen LogP contribution in [0.4, 0.5) is 0 Å². The minimum atomic E-state index is 0. The fraction of sp³-hybridized carbons (Fsp3) is 0.167. The van der Waals surface area contributed by atoms with E-state index in [4.69, 9.17) is 0 Å². The number of nitrogens with one attached hydrogen (secondary N) is 2. The quantitative estimate of drug-likeness (QED) is 0.716. The molecule has 0 amide bonds. The smallest absolute Gasteiger partial charge is 0.192 e. The number of benzene rings is 2. The van der Waals surface area contributed by atoms with Crippen molar-refractivity contribution in [3.8, 4) is 0 Å². The minimum Gasteiger partial charge on any atom is -0.355 e. The SMILES string of the molecule is C1=Cc2ccccc2C(NC2=NCCN2)c2ccccc21.I. The van der Waals surface area contributed by atoms with Crippen molar-refractivity contribution in [2.24, 2.45) is 4.99 Å². The molecular formula is C18H18IN3. The summed E-state index contributed by atoms with van der Waals surface area (Å²) in [6.45, 7) is 1.76. The fourth-order valence-electron chi connectivity index (χ4n) is 2.99. The van der Waals surface area contributed by atoms with Crippen LogP contribution in [-0.4, -0.2) is 19.0 Å². The zero-order valence-electron chi connectivity index (χ0n) is 12.1. The minimum absolute atomic E-state index is 0. The van der Waals surface area contributed by atoms with Gasteiger partial charge in [-0.05, 0) is 22.3 Å². The highest BCUT2D eigenvalue weighted by Crippen LogP contribution is 2.32. The summed E-state index contributed by atoms with van der Waals surface area (Å²) in [4.78, 5) is 4.48. The van der Waals surface area contributed by atoms with Gasteiger partial charge in [-0.25, -0.2) is 0 Å². The van der Waals surface area contributed by atoms with Crippen molar-refractivity contribution in [3.05, 3.63) is 70.8 Å². The first kappa shape index (κ1) is 15.1. The van der Waals surface area contributed by atoms with Crippen LogP contribution in [-0.2, 0) is 0 Å². The van der Waals surface area contributed by atoms with E-state index in [1.807, 2.05) is 0 Å². The third-order valence-corrected chi connectivity index (χ3v) is 4.01. The molecule has 0 radical (unpaired) electrons. The number of guanidine groups is 1. The molecule has 0 atom stereocenters. The van der Waals surface area contributed by atoms with Gasteiger partial charge in [0.2, 0.25) is 0 Å². The Hall–Kier alpha value is -1.82. The molecule has 1 heterocycles. The van der Waals surface area contributed by atoms with Crippen molar-refractivity contribution in [1.29, 1.82) is 0 Å². The molecule has 1 aliphatic heterocycles. The van der Waals surface area contributed by atoms with E-state index in [1.165, 1.54) is 22.3 Å². The molecule has 2 N–H and O–H groups in total. The second kappa shape index (κ2) is 6.52. The lowest BCUT2D eigenvalue weighted by Crippen LogP contribution is -2.37. The van der Waals surface area contributed by atoms with Gasteiger partial charge in [-0.15, -0.1) is 24.0 Å². The number of rotatable bonds is 1. The van der Waals surface area contributed by atoms with Crippen LogP contribution < -0.4 is 10.6 Å². The van der Waals surface area contributed by atoms with E-state index in [2.05, 4.69) is 76.3 Å². The summed E-state index contributed by atoms with van der Waals surface area (Å²) in [7, 11) is 0. The van der Waals surface area contributed by atoms with Crippen LogP contribution >= 0.6 is 24.0 Å². The number of aliphatic imine (C=N–C) groups is 1. The first-order chi connectivity index (χ1) is 10.4. The summed E-state index contributed by atoms with van der Waals surface area (Å²) < 4.78 is 0. The average Bonchev–Trinajstić information content (AvgIpc) is 2.99. The van der Waals surface area contributed by atoms with Crippen molar-refractivity contribution in [3.63, 3.8) is 0 Å². The predicted molar refractivity (Wildman–Crippen MR) is 103 cm³/mol. The van der Waals surface area contributed by atoms with Crippen molar-refractivity contribution in [2.45, 2.75) is 6.04 Å². The molecule has 1 aliphatic carbocycles. The van der Waals surface area contributed by atoms with Crippen LogP contribution in [0.1, 0.15) is 28.3 Å². The van der Waals surface area contributed by atoms with Gasteiger partial charge in [0.25, 0.3) is 0 Å². The maximum Gasteiger partial charge on any atom is 0.192 e. The van der Waals surface area contributed by atoms with Crippen LogP contribution in [0.15, 0.2) is 53.5 Å². The average molecular weight is 403 g/mol. The number of nitrogens with zero attached hydrogens (tertiary/aromatic N) is 1. The fourth-order valence-corrected chi connectivity index (χ4v) is 2.99. The van der Waals surface area contributed by atoms with Crippen LogP contribution in [0.5, 0.6) is 0 Å². The van der Waals surface area contributed by atoms with Crippen LogP contribution in [0, 0.1) is 0 Å². The molecule has 0 aromatic heterocycles. The molecule has 0 spiro atoms. The Morgan fingerprint density at radius 1 is 0.909 bits per heavy atom. The third-order valence-electron chi connectivity index (χ3n) is 4.01. The molecular weight excluding hydrogens is 385 g/mol. The lowest BCUT2D eigenvalue weighted by Gasteiger charge is -2.22. The molecule has 0 saturated carbocycles. The van der Waals surface area contributed by atoms with E-state index < -0.39 is 0 Å². The van der Waals surface area contributed by atoms with Gasteiger partial charge in [0.05, 0.1) is 12.6 Å². The molecule has 3 nitrogen and oxygen atoms in total. The molecule has 0 unspecified atom stereocenters. The van der Waals surface area contributed by atoms with Crippen molar-refractivity contribution < 1.29 is 0 Å². The van der Waals surface area contributed by atoms with Gasteiger partial charge in [-0.2, -0.15) is 0 Å². The normalized spacial score (nSPS) is 15.7. The summed E-state index contributed by atoms with van der Waals surface area (Å²) in [5.74, 6) is 0.895. The topological polar surface area (TPSA) is 36.4 Å². The molecule has 2 aromatic carbocycles. The van der Waals surface area contributed by atoms with Crippen molar-refractivity contribution in [1.82, 2.24) is 10.6 Å². The van der Waals surface area contributed by atoms with E-state index in [9.17, 15) is 0 Å².